The quantitative estimate of drug-likeness (QED) is 0.230. The molecule has 244 valence electrons. The van der Waals surface area contributed by atoms with Gasteiger partial charge in [-0.1, -0.05) is 67.0 Å². The van der Waals surface area contributed by atoms with Gasteiger partial charge in [-0.15, -0.1) is 0 Å². The molecule has 5 nitrogen and oxygen atoms in total. The van der Waals surface area contributed by atoms with Crippen molar-refractivity contribution in [2.45, 2.75) is 145 Å². The van der Waals surface area contributed by atoms with Crippen LogP contribution in [0.4, 0.5) is 0 Å². The molecular weight excluding hydrogens is 534 g/mol. The van der Waals surface area contributed by atoms with Gasteiger partial charge in [0.15, 0.2) is 0 Å². The Morgan fingerprint density at radius 1 is 0.907 bits per heavy atom. The molecule has 5 saturated carbocycles. The van der Waals surface area contributed by atoms with Crippen molar-refractivity contribution in [1.29, 1.82) is 0 Å². The average Bonchev–Trinajstić information content (AvgIpc) is 3.33. The van der Waals surface area contributed by atoms with Crippen molar-refractivity contribution in [3.05, 3.63) is 12.2 Å². The Kier molecular flexibility index (Phi) is 8.57. The molecule has 43 heavy (non-hydrogen) atoms. The smallest absolute Gasteiger partial charge is 0.328 e. The molecule has 0 aromatic carbocycles. The lowest BCUT2D eigenvalue weighted by Gasteiger charge is -2.73. The minimum atomic E-state index is -0.590. The van der Waals surface area contributed by atoms with E-state index in [4.69, 9.17) is 4.74 Å². The second kappa shape index (κ2) is 11.2. The SMILES string of the molecule is C=C(C)[C@@H]1CC[C@]2(COC(=O)C(NC(C)=O)C(C)CC)CC[C@]3(C)C(CCC4[C@@]5(C)CC[C@H](O)C(C)(C)C5CC[C@]43C)C12. The van der Waals surface area contributed by atoms with Crippen LogP contribution in [0.1, 0.15) is 133 Å². The zero-order valence-electron chi connectivity index (χ0n) is 29.0. The molecule has 2 N–H and O–H groups in total. The molecular formula is C38H63NO4. The molecule has 6 unspecified atom stereocenters. The van der Waals surface area contributed by atoms with E-state index in [0.717, 1.165) is 38.5 Å². The summed E-state index contributed by atoms with van der Waals surface area (Å²) in [5.74, 6) is 2.37. The van der Waals surface area contributed by atoms with E-state index in [1.54, 1.807) is 0 Å². The summed E-state index contributed by atoms with van der Waals surface area (Å²) in [6.07, 6.45) is 12.2. The predicted molar refractivity (Wildman–Crippen MR) is 173 cm³/mol. The number of rotatable bonds is 7. The zero-order valence-corrected chi connectivity index (χ0v) is 29.0. The maximum Gasteiger partial charge on any atom is 0.328 e. The van der Waals surface area contributed by atoms with Gasteiger partial charge in [-0.3, -0.25) is 4.79 Å². The second-order valence-corrected chi connectivity index (χ2v) is 17.6. The van der Waals surface area contributed by atoms with Crippen molar-refractivity contribution in [2.75, 3.05) is 6.61 Å². The van der Waals surface area contributed by atoms with E-state index in [1.807, 2.05) is 6.92 Å². The molecule has 0 aliphatic heterocycles. The fraction of sp³-hybridized carbons (Fsp3) is 0.895. The Hall–Kier alpha value is -1.36. The van der Waals surface area contributed by atoms with Gasteiger partial charge in [0, 0.05) is 12.3 Å². The summed E-state index contributed by atoms with van der Waals surface area (Å²) < 4.78 is 6.26. The molecule has 12 atom stereocenters. The van der Waals surface area contributed by atoms with Gasteiger partial charge in [-0.2, -0.15) is 0 Å². The van der Waals surface area contributed by atoms with E-state index in [0.29, 0.717) is 36.2 Å². The Balaban J connectivity index is 1.44. The molecule has 0 saturated heterocycles. The molecule has 0 radical (unpaired) electrons. The first-order valence-corrected chi connectivity index (χ1v) is 17.8. The van der Waals surface area contributed by atoms with Crippen LogP contribution in [0, 0.1) is 62.6 Å². The standard InChI is InChI=1S/C38H63NO4/c1-11-24(4)32(39-25(5)40)33(42)43-22-38-19-14-26(23(2)3)31(38)27-12-13-29-35(8)17-16-30(41)34(6,7)28(35)15-18-37(29,10)36(27,9)20-21-38/h24,26-32,41H,2,11-22H2,1,3-10H3,(H,39,40)/t24?,26-,27?,28?,29?,30-,31?,32?,35-,36+,37+,38+/m0/s1. The second-order valence-electron chi connectivity index (χ2n) is 17.6. The monoisotopic (exact) mass is 597 g/mol. The van der Waals surface area contributed by atoms with E-state index in [-0.39, 0.29) is 51.0 Å². The number of nitrogens with one attached hydrogen (secondary N) is 1. The van der Waals surface area contributed by atoms with E-state index in [9.17, 15) is 14.7 Å². The number of amides is 1. The normalized spacial score (nSPS) is 46.3. The van der Waals surface area contributed by atoms with Crippen molar-refractivity contribution in [3.63, 3.8) is 0 Å². The Morgan fingerprint density at radius 2 is 1.60 bits per heavy atom. The van der Waals surface area contributed by atoms with Gasteiger partial charge in [0.1, 0.15) is 6.04 Å². The summed E-state index contributed by atoms with van der Waals surface area (Å²) in [5, 5.41) is 13.9. The van der Waals surface area contributed by atoms with Crippen LogP contribution in [-0.2, 0) is 14.3 Å². The molecule has 5 aliphatic carbocycles. The minimum Gasteiger partial charge on any atom is -0.464 e. The maximum atomic E-state index is 13.5. The lowest BCUT2D eigenvalue weighted by molar-refractivity contribution is -0.250. The zero-order chi connectivity index (χ0) is 31.8. The fourth-order valence-corrected chi connectivity index (χ4v) is 12.7. The molecule has 5 fully saturated rings. The maximum absolute atomic E-state index is 13.5. The number of aliphatic hydroxyl groups is 1. The van der Waals surface area contributed by atoms with E-state index >= 15 is 0 Å². The first-order chi connectivity index (χ1) is 20.0. The van der Waals surface area contributed by atoms with Crippen LogP contribution in [0.5, 0.6) is 0 Å². The molecule has 0 aromatic heterocycles. The van der Waals surface area contributed by atoms with Crippen molar-refractivity contribution in [2.24, 2.45) is 62.6 Å². The Morgan fingerprint density at radius 3 is 2.23 bits per heavy atom. The summed E-state index contributed by atoms with van der Waals surface area (Å²) in [6.45, 7) is 25.3. The highest BCUT2D eigenvalue weighted by Gasteiger charge is 2.71. The van der Waals surface area contributed by atoms with E-state index in [2.05, 4.69) is 60.4 Å². The van der Waals surface area contributed by atoms with Gasteiger partial charge in [0.25, 0.3) is 0 Å². The van der Waals surface area contributed by atoms with Crippen LogP contribution < -0.4 is 5.32 Å². The number of carbonyl (C=O) groups excluding carboxylic acids is 2. The molecule has 0 spiro atoms. The van der Waals surface area contributed by atoms with Crippen LogP contribution in [-0.4, -0.2) is 35.7 Å². The highest BCUT2D eigenvalue weighted by Crippen LogP contribution is 2.77. The summed E-state index contributed by atoms with van der Waals surface area (Å²) in [4.78, 5) is 25.4. The number of esters is 1. The highest BCUT2D eigenvalue weighted by molar-refractivity contribution is 5.83. The van der Waals surface area contributed by atoms with Crippen molar-refractivity contribution < 1.29 is 19.4 Å². The topological polar surface area (TPSA) is 75.6 Å². The Bertz CT molecular complexity index is 1120. The van der Waals surface area contributed by atoms with Crippen molar-refractivity contribution >= 4 is 11.9 Å². The van der Waals surface area contributed by atoms with Crippen LogP contribution in [0.15, 0.2) is 12.2 Å². The van der Waals surface area contributed by atoms with Gasteiger partial charge in [-0.25, -0.2) is 4.79 Å². The third-order valence-electron chi connectivity index (χ3n) is 15.5. The molecule has 5 rings (SSSR count). The Labute approximate surface area is 262 Å². The van der Waals surface area contributed by atoms with E-state index in [1.165, 1.54) is 44.6 Å². The predicted octanol–water partition coefficient (Wildman–Crippen LogP) is 8.10. The lowest BCUT2D eigenvalue weighted by Crippen LogP contribution is -2.66. The first kappa shape index (κ1) is 33.0. The largest absolute Gasteiger partial charge is 0.464 e. The summed E-state index contributed by atoms with van der Waals surface area (Å²) in [6, 6.07) is -0.590. The van der Waals surface area contributed by atoms with Crippen LogP contribution >= 0.6 is 0 Å². The number of allylic oxidation sites excluding steroid dienone is 1. The molecule has 0 heterocycles. The van der Waals surface area contributed by atoms with Crippen molar-refractivity contribution in [1.82, 2.24) is 5.32 Å². The van der Waals surface area contributed by atoms with Crippen LogP contribution in [0.25, 0.3) is 0 Å². The summed E-state index contributed by atoms with van der Waals surface area (Å²) >= 11 is 0. The van der Waals surface area contributed by atoms with Gasteiger partial charge in [0.05, 0.1) is 12.7 Å². The third-order valence-corrected chi connectivity index (χ3v) is 15.5. The third kappa shape index (κ3) is 4.87. The lowest BCUT2D eigenvalue weighted by atomic mass is 9.32. The molecule has 0 bridgehead atoms. The molecule has 0 aromatic rings. The molecule has 5 heteroatoms. The van der Waals surface area contributed by atoms with Gasteiger partial charge < -0.3 is 15.2 Å². The number of aliphatic hydroxyl groups excluding tert-OH is 1. The van der Waals surface area contributed by atoms with Crippen LogP contribution in [0.3, 0.4) is 0 Å². The van der Waals surface area contributed by atoms with Gasteiger partial charge in [-0.05, 0) is 128 Å². The average molecular weight is 598 g/mol. The van der Waals surface area contributed by atoms with E-state index < -0.39 is 6.04 Å². The molecule has 5 aliphatic rings. The number of hydrogen-bond acceptors (Lipinski definition) is 4. The van der Waals surface area contributed by atoms with Gasteiger partial charge in [0.2, 0.25) is 5.91 Å². The number of hydrogen-bond donors (Lipinski definition) is 2. The number of ether oxygens (including phenoxy) is 1. The summed E-state index contributed by atoms with van der Waals surface area (Å²) in [5.41, 5.74) is 2.02. The minimum absolute atomic E-state index is 0.0130. The highest BCUT2D eigenvalue weighted by atomic mass is 16.5. The number of carbonyl (C=O) groups is 2. The first-order valence-electron chi connectivity index (χ1n) is 17.8. The fourth-order valence-electron chi connectivity index (χ4n) is 12.7. The summed E-state index contributed by atoms with van der Waals surface area (Å²) in [7, 11) is 0. The van der Waals surface area contributed by atoms with Gasteiger partial charge >= 0.3 is 5.97 Å². The molecule has 1 amide bonds. The number of fused-ring (bicyclic) bond motifs is 7. The van der Waals surface area contributed by atoms with Crippen molar-refractivity contribution in [3.8, 4) is 0 Å². The van der Waals surface area contributed by atoms with Crippen LogP contribution in [0.2, 0.25) is 0 Å².